The molecule has 4 aliphatic rings. The summed E-state index contributed by atoms with van der Waals surface area (Å²) < 4.78 is 0. The van der Waals surface area contributed by atoms with E-state index >= 15 is 0 Å². The Labute approximate surface area is 202 Å². The molecular formula is C30H48O3. The van der Waals surface area contributed by atoms with Crippen molar-refractivity contribution >= 4 is 12.3 Å². The summed E-state index contributed by atoms with van der Waals surface area (Å²) in [6.45, 7) is 18.8. The first-order valence-corrected chi connectivity index (χ1v) is 13.5. The molecule has 0 spiro atoms. The van der Waals surface area contributed by atoms with E-state index in [1.54, 1.807) is 5.57 Å². The van der Waals surface area contributed by atoms with E-state index < -0.39 is 11.4 Å². The van der Waals surface area contributed by atoms with Crippen molar-refractivity contribution < 1.29 is 14.7 Å². The molecule has 4 rings (SSSR count). The van der Waals surface area contributed by atoms with Crippen LogP contribution in [0.3, 0.4) is 0 Å². The lowest BCUT2D eigenvalue weighted by atomic mass is 9.34. The maximum Gasteiger partial charge on any atom is 0.303 e. The number of aliphatic carboxylic acids is 1. The first-order chi connectivity index (χ1) is 15.2. The smallest absolute Gasteiger partial charge is 0.303 e. The summed E-state index contributed by atoms with van der Waals surface area (Å²) >= 11 is 0. The molecule has 3 nitrogen and oxygen atoms in total. The molecule has 0 aromatic carbocycles. The van der Waals surface area contributed by atoms with Crippen LogP contribution in [0.4, 0.5) is 0 Å². The van der Waals surface area contributed by atoms with E-state index in [9.17, 15) is 14.7 Å². The van der Waals surface area contributed by atoms with E-state index in [0.29, 0.717) is 17.3 Å². The van der Waals surface area contributed by atoms with Crippen LogP contribution in [0, 0.1) is 56.7 Å². The first kappa shape index (κ1) is 25.0. The molecule has 1 N–H and O–H groups in total. The lowest BCUT2D eigenvalue weighted by Crippen LogP contribution is -2.63. The summed E-state index contributed by atoms with van der Waals surface area (Å²) in [7, 11) is 0. The van der Waals surface area contributed by atoms with Gasteiger partial charge in [0.1, 0.15) is 6.29 Å². The number of carbonyl (C=O) groups is 2. The van der Waals surface area contributed by atoms with Gasteiger partial charge in [-0.05, 0) is 96.2 Å². The fraction of sp³-hybridized carbons (Fsp3) is 0.867. The zero-order valence-electron chi connectivity index (χ0n) is 22.5. The molecule has 33 heavy (non-hydrogen) atoms. The third-order valence-electron chi connectivity index (χ3n) is 12.4. The summed E-state index contributed by atoms with van der Waals surface area (Å²) in [5.74, 6) is 1.77. The molecular weight excluding hydrogens is 408 g/mol. The van der Waals surface area contributed by atoms with Crippen LogP contribution in [-0.4, -0.2) is 17.4 Å². The van der Waals surface area contributed by atoms with E-state index in [-0.39, 0.29) is 34.5 Å². The Balaban J connectivity index is 1.84. The van der Waals surface area contributed by atoms with Crippen molar-refractivity contribution in [3.63, 3.8) is 0 Å². The Morgan fingerprint density at radius 1 is 1.09 bits per heavy atom. The summed E-state index contributed by atoms with van der Waals surface area (Å²) in [5, 5.41) is 10.0. The van der Waals surface area contributed by atoms with Crippen LogP contribution < -0.4 is 0 Å². The number of carboxylic acid groups (broad SMARTS) is 1. The maximum absolute atomic E-state index is 12.2. The average Bonchev–Trinajstić information content (AvgIpc) is 2.71. The quantitative estimate of drug-likeness (QED) is 0.351. The zero-order chi connectivity index (χ0) is 24.6. The molecule has 0 radical (unpaired) electrons. The van der Waals surface area contributed by atoms with Crippen LogP contribution in [0.2, 0.25) is 0 Å². The van der Waals surface area contributed by atoms with Crippen LogP contribution in [-0.2, 0) is 9.59 Å². The van der Waals surface area contributed by atoms with Gasteiger partial charge in [-0.3, -0.25) is 4.79 Å². The number of fused-ring (bicyclic) bond motifs is 5. The minimum Gasteiger partial charge on any atom is -0.481 e. The van der Waals surface area contributed by atoms with E-state index in [2.05, 4.69) is 47.6 Å². The second kappa shape index (κ2) is 7.69. The first-order valence-electron chi connectivity index (χ1n) is 13.5. The number of hydrogen-bond acceptors (Lipinski definition) is 2. The predicted molar refractivity (Wildman–Crippen MR) is 134 cm³/mol. The Kier molecular flexibility index (Phi) is 5.82. The van der Waals surface area contributed by atoms with Gasteiger partial charge in [-0.1, -0.05) is 67.0 Å². The fourth-order valence-corrected chi connectivity index (χ4v) is 10.1. The zero-order valence-corrected chi connectivity index (χ0v) is 22.5. The molecule has 0 aromatic heterocycles. The number of aldehydes is 1. The largest absolute Gasteiger partial charge is 0.481 e. The average molecular weight is 457 g/mol. The minimum absolute atomic E-state index is 0.0679. The molecule has 3 heteroatoms. The SMILES string of the molecule is C[C@H]1[C@H](C)CC[C@]2(C)CC[C@]3(C)C(=CC[C@@H]4[C@@](C)(CC(=O)O)[C@H](C(C)(C)C=O)CC[C@]43C)[C@H]12. The van der Waals surface area contributed by atoms with Crippen molar-refractivity contribution in [3.05, 3.63) is 11.6 Å². The van der Waals surface area contributed by atoms with Crippen molar-refractivity contribution in [2.45, 2.75) is 107 Å². The molecule has 9 atom stereocenters. The summed E-state index contributed by atoms with van der Waals surface area (Å²) in [5.41, 5.74) is 1.40. The van der Waals surface area contributed by atoms with Gasteiger partial charge in [0.25, 0.3) is 0 Å². The molecule has 3 fully saturated rings. The summed E-state index contributed by atoms with van der Waals surface area (Å²) in [6.07, 6.45) is 12.0. The normalized spacial score (nSPS) is 49.8. The lowest BCUT2D eigenvalue weighted by molar-refractivity contribution is -0.177. The summed E-state index contributed by atoms with van der Waals surface area (Å²) in [6, 6.07) is 0. The molecule has 3 saturated carbocycles. The Morgan fingerprint density at radius 2 is 1.76 bits per heavy atom. The van der Waals surface area contributed by atoms with Gasteiger partial charge in [0.2, 0.25) is 0 Å². The fourth-order valence-electron chi connectivity index (χ4n) is 10.1. The van der Waals surface area contributed by atoms with Gasteiger partial charge in [-0.15, -0.1) is 0 Å². The van der Waals surface area contributed by atoms with Crippen molar-refractivity contribution in [3.8, 4) is 0 Å². The highest BCUT2D eigenvalue weighted by atomic mass is 16.4. The Bertz CT molecular complexity index is 857. The van der Waals surface area contributed by atoms with Crippen molar-refractivity contribution in [1.29, 1.82) is 0 Å². The van der Waals surface area contributed by atoms with E-state index in [1.165, 1.54) is 25.7 Å². The van der Waals surface area contributed by atoms with Gasteiger partial charge in [0, 0.05) is 5.41 Å². The van der Waals surface area contributed by atoms with E-state index in [0.717, 1.165) is 31.5 Å². The molecule has 4 aliphatic carbocycles. The third kappa shape index (κ3) is 3.33. The topological polar surface area (TPSA) is 54.4 Å². The molecule has 0 saturated heterocycles. The van der Waals surface area contributed by atoms with Crippen LogP contribution in [0.5, 0.6) is 0 Å². The van der Waals surface area contributed by atoms with E-state index in [4.69, 9.17) is 0 Å². The Hall–Kier alpha value is -1.12. The molecule has 0 heterocycles. The molecule has 0 unspecified atom stereocenters. The van der Waals surface area contributed by atoms with Crippen molar-refractivity contribution in [2.75, 3.05) is 0 Å². The van der Waals surface area contributed by atoms with E-state index in [1.807, 2.05) is 13.8 Å². The maximum atomic E-state index is 12.2. The van der Waals surface area contributed by atoms with Gasteiger partial charge in [-0.2, -0.15) is 0 Å². The van der Waals surface area contributed by atoms with Crippen LogP contribution in [0.25, 0.3) is 0 Å². The standard InChI is InChI=1S/C30H48O3/c1-19-11-13-27(5)15-16-29(7)21(25(27)20(19)2)9-10-23-28(6,17-24(32)33)22(26(3,4)18-31)12-14-30(23,29)8/h9,18-20,22-23,25H,10-17H2,1-8H3,(H,32,33)/t19-,20+,22+,23-,25+,27-,28+,29-,30-/m1/s1. The number of carboxylic acids is 1. The third-order valence-corrected chi connectivity index (χ3v) is 12.4. The van der Waals surface area contributed by atoms with Crippen LogP contribution in [0.15, 0.2) is 11.6 Å². The second-order valence-corrected chi connectivity index (χ2v) is 14.3. The van der Waals surface area contributed by atoms with Gasteiger partial charge in [0.15, 0.2) is 0 Å². The number of allylic oxidation sites excluding steroid dienone is 2. The van der Waals surface area contributed by atoms with Gasteiger partial charge >= 0.3 is 5.97 Å². The van der Waals surface area contributed by atoms with Crippen molar-refractivity contribution in [1.82, 2.24) is 0 Å². The molecule has 186 valence electrons. The highest BCUT2D eigenvalue weighted by Gasteiger charge is 2.67. The molecule has 0 aliphatic heterocycles. The molecule has 0 bridgehead atoms. The Morgan fingerprint density at radius 3 is 2.36 bits per heavy atom. The minimum atomic E-state index is -0.723. The van der Waals surface area contributed by atoms with Crippen LogP contribution in [0.1, 0.15) is 107 Å². The van der Waals surface area contributed by atoms with Gasteiger partial charge in [0.05, 0.1) is 6.42 Å². The second-order valence-electron chi connectivity index (χ2n) is 14.3. The van der Waals surface area contributed by atoms with Gasteiger partial charge in [-0.25, -0.2) is 0 Å². The number of rotatable bonds is 4. The molecule has 0 aromatic rings. The molecule has 0 amide bonds. The summed E-state index contributed by atoms with van der Waals surface area (Å²) in [4.78, 5) is 24.3. The number of carbonyl (C=O) groups excluding carboxylic acids is 1. The lowest BCUT2D eigenvalue weighted by Gasteiger charge is -2.70. The van der Waals surface area contributed by atoms with Crippen molar-refractivity contribution in [2.24, 2.45) is 56.7 Å². The van der Waals surface area contributed by atoms with Gasteiger partial charge < -0.3 is 9.90 Å². The predicted octanol–water partition coefficient (Wildman–Crippen LogP) is 7.54. The monoisotopic (exact) mass is 456 g/mol. The number of hydrogen-bond donors (Lipinski definition) is 1. The highest BCUT2D eigenvalue weighted by Crippen LogP contribution is 2.74. The highest BCUT2D eigenvalue weighted by molar-refractivity contribution is 5.68. The van der Waals surface area contributed by atoms with Crippen LogP contribution >= 0.6 is 0 Å².